The second kappa shape index (κ2) is 11.7. The van der Waals surface area contributed by atoms with E-state index in [9.17, 15) is 0 Å². The van der Waals surface area contributed by atoms with E-state index in [1.165, 1.54) is 71.6 Å². The lowest BCUT2D eigenvalue weighted by Gasteiger charge is -2.40. The van der Waals surface area contributed by atoms with Gasteiger partial charge in [0.25, 0.3) is 0 Å². The van der Waals surface area contributed by atoms with Gasteiger partial charge in [-0.05, 0) is 79.2 Å². The summed E-state index contributed by atoms with van der Waals surface area (Å²) in [6, 6.07) is 70.2. The molecule has 0 N–H and O–H groups in total. The zero-order valence-corrected chi connectivity index (χ0v) is 31.3. The highest BCUT2D eigenvalue weighted by Crippen LogP contribution is 2.62. The molecule has 0 amide bonds. The molecule has 3 heterocycles. The highest BCUT2D eigenvalue weighted by Gasteiger charge is 2.52. The molecule has 0 fully saturated rings. The van der Waals surface area contributed by atoms with Gasteiger partial charge in [0.15, 0.2) is 17.5 Å². The fraction of sp³-hybridized carbons (Fsp3) is 0.0185. The second-order valence-electron chi connectivity index (χ2n) is 15.5. The minimum Gasteiger partial charge on any atom is -0.309 e. The Morgan fingerprint density at radius 1 is 0.362 bits per heavy atom. The average molecular weight is 737 g/mol. The fourth-order valence-electron chi connectivity index (χ4n) is 10.2. The first-order valence-corrected chi connectivity index (χ1v) is 19.9. The molecule has 0 bridgehead atoms. The quantitative estimate of drug-likeness (QED) is 0.181. The Morgan fingerprint density at radius 3 is 1.66 bits per heavy atom. The van der Waals surface area contributed by atoms with E-state index in [1.54, 1.807) is 0 Å². The van der Waals surface area contributed by atoms with Crippen molar-refractivity contribution in [2.45, 2.75) is 5.41 Å². The van der Waals surface area contributed by atoms with E-state index in [0.29, 0.717) is 17.5 Å². The first kappa shape index (κ1) is 31.5. The summed E-state index contributed by atoms with van der Waals surface area (Å²) in [7, 11) is 0. The normalized spacial score (nSPS) is 15.0. The summed E-state index contributed by atoms with van der Waals surface area (Å²) in [5, 5.41) is 7.15. The molecule has 1 aliphatic carbocycles. The number of benzene rings is 9. The number of fused-ring (bicyclic) bond motifs is 14. The van der Waals surface area contributed by atoms with Crippen molar-refractivity contribution in [1.82, 2.24) is 19.5 Å². The molecule has 58 heavy (non-hydrogen) atoms. The first-order valence-electron chi connectivity index (χ1n) is 19.9. The van der Waals surface area contributed by atoms with E-state index in [1.807, 2.05) is 0 Å². The van der Waals surface area contributed by atoms with Crippen LogP contribution in [0, 0.1) is 0 Å². The molecule has 4 heteroatoms. The molecule has 2 aliphatic rings. The molecule has 0 saturated heterocycles. The van der Waals surface area contributed by atoms with E-state index in [4.69, 9.17) is 15.0 Å². The minimum absolute atomic E-state index is 0.646. The van der Waals surface area contributed by atoms with Crippen molar-refractivity contribution in [2.24, 2.45) is 0 Å². The van der Waals surface area contributed by atoms with Crippen LogP contribution in [0.2, 0.25) is 0 Å². The molecule has 268 valence electrons. The monoisotopic (exact) mass is 736 g/mol. The average Bonchev–Trinajstić information content (AvgIpc) is 3.79. The standard InChI is InChI=1S/C54H32N4/c1-3-15-35-31-37(29-27-33(35)13-1)51-55-52(38-30-28-34-14-2-4-16-36(34)32-38)57-53(56-51)43-21-11-19-41-39-17-5-7-22-44(39)54(49(41)43)45-23-8-10-26-48(45)58-47-25-9-6-18-40(47)42-20-12-24-46(54)50(42)58/h1-32H. The molecule has 4 nitrogen and oxygen atoms in total. The zero-order chi connectivity index (χ0) is 38.0. The summed E-state index contributed by atoms with van der Waals surface area (Å²) in [6.45, 7) is 0. The van der Waals surface area contributed by atoms with Crippen LogP contribution in [0.1, 0.15) is 22.3 Å². The second-order valence-corrected chi connectivity index (χ2v) is 15.5. The third-order valence-electron chi connectivity index (χ3n) is 12.6. The molecule has 2 aromatic heterocycles. The van der Waals surface area contributed by atoms with Crippen molar-refractivity contribution in [1.29, 1.82) is 0 Å². The lowest BCUT2D eigenvalue weighted by molar-refractivity contribution is 0.749. The maximum Gasteiger partial charge on any atom is 0.164 e. The summed E-state index contributed by atoms with van der Waals surface area (Å²) in [6.07, 6.45) is 0. The number of hydrogen-bond acceptors (Lipinski definition) is 3. The number of aromatic nitrogens is 4. The molecule has 11 aromatic rings. The maximum atomic E-state index is 5.44. The van der Waals surface area contributed by atoms with Gasteiger partial charge >= 0.3 is 0 Å². The molecule has 1 spiro atoms. The van der Waals surface area contributed by atoms with Gasteiger partial charge in [0.2, 0.25) is 0 Å². The summed E-state index contributed by atoms with van der Waals surface area (Å²) in [5.41, 5.74) is 13.3. The van der Waals surface area contributed by atoms with Gasteiger partial charge in [0.1, 0.15) is 0 Å². The van der Waals surface area contributed by atoms with Gasteiger partial charge in [0, 0.05) is 27.5 Å². The molecule has 1 unspecified atom stereocenters. The SMILES string of the molecule is c1ccc2c(c1)-c1cccc(-c3nc(-c4ccc5ccccc5c4)nc(-c4ccc5ccccc5c4)n3)c1C21c2ccccc2-n2c3ccccc3c3cccc1c32. The van der Waals surface area contributed by atoms with Crippen LogP contribution in [-0.4, -0.2) is 19.5 Å². The Bertz CT molecular complexity index is 3440. The molecular weight excluding hydrogens is 705 g/mol. The van der Waals surface area contributed by atoms with Crippen molar-refractivity contribution in [3.63, 3.8) is 0 Å². The van der Waals surface area contributed by atoms with Gasteiger partial charge in [-0.25, -0.2) is 15.0 Å². The number of nitrogens with zero attached hydrogens (tertiary/aromatic N) is 4. The Kier molecular flexibility index (Phi) is 6.34. The van der Waals surface area contributed by atoms with E-state index in [-0.39, 0.29) is 0 Å². The Morgan fingerprint density at radius 2 is 0.897 bits per heavy atom. The van der Waals surface area contributed by atoms with Crippen molar-refractivity contribution in [3.05, 3.63) is 216 Å². The van der Waals surface area contributed by atoms with Crippen molar-refractivity contribution in [2.75, 3.05) is 0 Å². The Hall–Kier alpha value is -7.69. The molecule has 1 atom stereocenters. The van der Waals surface area contributed by atoms with Crippen LogP contribution < -0.4 is 0 Å². The number of hydrogen-bond donors (Lipinski definition) is 0. The number of para-hydroxylation sites is 3. The molecule has 1 aliphatic heterocycles. The predicted octanol–water partition coefficient (Wildman–Crippen LogP) is 13.0. The first-order chi connectivity index (χ1) is 28.8. The van der Waals surface area contributed by atoms with Crippen LogP contribution in [-0.2, 0) is 5.41 Å². The zero-order valence-electron chi connectivity index (χ0n) is 31.3. The van der Waals surface area contributed by atoms with Gasteiger partial charge < -0.3 is 4.57 Å². The van der Waals surface area contributed by atoms with Crippen LogP contribution in [0.25, 0.3) is 94.3 Å². The van der Waals surface area contributed by atoms with Gasteiger partial charge in [-0.1, -0.05) is 170 Å². The fourth-order valence-corrected chi connectivity index (χ4v) is 10.2. The molecule has 9 aromatic carbocycles. The van der Waals surface area contributed by atoms with Gasteiger partial charge in [-0.3, -0.25) is 0 Å². The number of rotatable bonds is 3. The Labute approximate surface area is 334 Å². The largest absolute Gasteiger partial charge is 0.309 e. The van der Waals surface area contributed by atoms with Gasteiger partial charge in [-0.2, -0.15) is 0 Å². The topological polar surface area (TPSA) is 43.6 Å². The van der Waals surface area contributed by atoms with Crippen LogP contribution in [0.3, 0.4) is 0 Å². The highest BCUT2D eigenvalue weighted by atomic mass is 15.0. The lowest BCUT2D eigenvalue weighted by atomic mass is 9.64. The molecule has 13 rings (SSSR count). The van der Waals surface area contributed by atoms with E-state index < -0.39 is 5.41 Å². The van der Waals surface area contributed by atoms with Crippen molar-refractivity contribution in [3.8, 4) is 51.0 Å². The van der Waals surface area contributed by atoms with Crippen LogP contribution in [0.15, 0.2) is 194 Å². The van der Waals surface area contributed by atoms with E-state index in [2.05, 4.69) is 199 Å². The Balaban J connectivity index is 1.15. The molecular formula is C54H32N4. The molecule has 0 radical (unpaired) electrons. The third kappa shape index (κ3) is 4.16. The van der Waals surface area contributed by atoms with Crippen LogP contribution in [0.5, 0.6) is 0 Å². The summed E-state index contributed by atoms with van der Waals surface area (Å²) < 4.78 is 2.49. The summed E-state index contributed by atoms with van der Waals surface area (Å²) in [4.78, 5) is 16.1. The predicted molar refractivity (Wildman–Crippen MR) is 236 cm³/mol. The highest BCUT2D eigenvalue weighted by molar-refractivity contribution is 6.13. The smallest absolute Gasteiger partial charge is 0.164 e. The third-order valence-corrected chi connectivity index (χ3v) is 12.6. The lowest BCUT2D eigenvalue weighted by Crippen LogP contribution is -2.34. The molecule has 0 saturated carbocycles. The van der Waals surface area contributed by atoms with E-state index in [0.717, 1.165) is 27.5 Å². The van der Waals surface area contributed by atoms with Crippen molar-refractivity contribution >= 4 is 43.4 Å². The summed E-state index contributed by atoms with van der Waals surface area (Å²) >= 11 is 0. The van der Waals surface area contributed by atoms with Gasteiger partial charge in [-0.15, -0.1) is 0 Å². The van der Waals surface area contributed by atoms with E-state index >= 15 is 0 Å². The maximum absolute atomic E-state index is 5.44. The van der Waals surface area contributed by atoms with Crippen molar-refractivity contribution < 1.29 is 0 Å². The minimum atomic E-state index is -0.651. The van der Waals surface area contributed by atoms with Gasteiger partial charge in [0.05, 0.1) is 22.1 Å². The van der Waals surface area contributed by atoms with Crippen LogP contribution in [0.4, 0.5) is 0 Å². The van der Waals surface area contributed by atoms with Crippen LogP contribution >= 0.6 is 0 Å². The summed E-state index contributed by atoms with van der Waals surface area (Å²) in [5.74, 6) is 1.95.